The first kappa shape index (κ1) is 20.8. The monoisotopic (exact) mass is 353 g/mol. The Kier molecular flexibility index (Phi) is 8.00. The molecule has 7 nitrogen and oxygen atoms in total. The second kappa shape index (κ2) is 8.45. The summed E-state index contributed by atoms with van der Waals surface area (Å²) in [6.07, 6.45) is 2.14. The Morgan fingerprint density at radius 1 is 1.36 bits per heavy atom. The summed E-state index contributed by atoms with van der Waals surface area (Å²) in [5.74, 6) is 0.595. The van der Waals surface area contributed by atoms with Crippen molar-refractivity contribution in [2.45, 2.75) is 45.2 Å². The van der Waals surface area contributed by atoms with Crippen molar-refractivity contribution in [3.63, 3.8) is 0 Å². The summed E-state index contributed by atoms with van der Waals surface area (Å²) >= 11 is 0. The van der Waals surface area contributed by atoms with Crippen molar-refractivity contribution in [2.75, 3.05) is 29.6 Å². The maximum atomic E-state index is 11.9. The molecule has 22 heavy (non-hydrogen) atoms. The normalized spacial score (nSPS) is 18.0. The number of aromatic nitrogens is 2. The standard InChI is InChI=1S/C13H23N5O2.2ClH/c1-4-5-6-20-7-8-13(2,3)18-10-9(15-8)11(19)17-12(14)16-10;;/h8,15H,4-7H2,1-3H3,(H4,14,16,17,18,19);2*1H. The van der Waals surface area contributed by atoms with Crippen LogP contribution in [0.5, 0.6) is 0 Å². The van der Waals surface area contributed by atoms with Crippen LogP contribution in [-0.2, 0) is 4.74 Å². The Bertz CT molecular complexity index is 536. The van der Waals surface area contributed by atoms with E-state index in [0.29, 0.717) is 18.1 Å². The van der Waals surface area contributed by atoms with Crippen LogP contribution in [0.1, 0.15) is 33.6 Å². The van der Waals surface area contributed by atoms with E-state index < -0.39 is 0 Å². The Labute approximate surface area is 142 Å². The highest BCUT2D eigenvalue weighted by Gasteiger charge is 2.36. The van der Waals surface area contributed by atoms with Gasteiger partial charge in [0.2, 0.25) is 5.95 Å². The van der Waals surface area contributed by atoms with Gasteiger partial charge in [-0.1, -0.05) is 13.3 Å². The summed E-state index contributed by atoms with van der Waals surface area (Å²) in [6.45, 7) is 7.46. The maximum Gasteiger partial charge on any atom is 0.277 e. The van der Waals surface area contributed by atoms with E-state index in [4.69, 9.17) is 10.5 Å². The van der Waals surface area contributed by atoms with Crippen LogP contribution in [0.4, 0.5) is 17.5 Å². The number of anilines is 3. The van der Waals surface area contributed by atoms with E-state index in [1.54, 1.807) is 0 Å². The number of halogens is 2. The lowest BCUT2D eigenvalue weighted by molar-refractivity contribution is 0.109. The van der Waals surface area contributed by atoms with E-state index in [2.05, 4.69) is 27.5 Å². The number of nitrogens with zero attached hydrogens (tertiary/aromatic N) is 1. The number of unbranched alkanes of at least 4 members (excludes halogenated alkanes) is 1. The number of ether oxygens (including phenoxy) is 1. The van der Waals surface area contributed by atoms with E-state index in [1.807, 2.05) is 13.8 Å². The second-order valence-electron chi connectivity index (χ2n) is 5.65. The molecule has 1 aromatic heterocycles. The predicted molar refractivity (Wildman–Crippen MR) is 94.6 cm³/mol. The molecular formula is C13H25Cl2N5O2. The van der Waals surface area contributed by atoms with Gasteiger partial charge in [-0.2, -0.15) is 4.98 Å². The number of H-pyrrole nitrogens is 1. The Morgan fingerprint density at radius 2 is 2.05 bits per heavy atom. The van der Waals surface area contributed by atoms with Gasteiger partial charge in [0.05, 0.1) is 18.2 Å². The number of nitrogens with two attached hydrogens (primary N) is 1. The van der Waals surface area contributed by atoms with Crippen LogP contribution < -0.4 is 21.9 Å². The molecule has 0 amide bonds. The molecule has 1 atom stereocenters. The highest BCUT2D eigenvalue weighted by atomic mass is 35.5. The lowest BCUT2D eigenvalue weighted by Crippen LogP contribution is -2.55. The molecular weight excluding hydrogens is 329 g/mol. The van der Waals surface area contributed by atoms with Crippen molar-refractivity contribution in [3.05, 3.63) is 10.4 Å². The molecule has 128 valence electrons. The average molecular weight is 354 g/mol. The van der Waals surface area contributed by atoms with Gasteiger partial charge >= 0.3 is 0 Å². The molecule has 0 aromatic carbocycles. The van der Waals surface area contributed by atoms with Crippen LogP contribution in [0.2, 0.25) is 0 Å². The SMILES string of the molecule is CCCCOCC1Nc2c(nc(N)[nH]c2=O)NC1(C)C.Cl.Cl. The van der Waals surface area contributed by atoms with E-state index in [1.165, 1.54) is 0 Å². The van der Waals surface area contributed by atoms with E-state index in [9.17, 15) is 4.79 Å². The minimum absolute atomic E-state index is 0. The van der Waals surface area contributed by atoms with Crippen molar-refractivity contribution in [1.29, 1.82) is 0 Å². The number of aromatic amines is 1. The highest BCUT2D eigenvalue weighted by molar-refractivity contribution is 5.85. The summed E-state index contributed by atoms with van der Waals surface area (Å²) in [6, 6.07) is -0.0154. The van der Waals surface area contributed by atoms with Crippen LogP contribution in [0.25, 0.3) is 0 Å². The smallest absolute Gasteiger partial charge is 0.277 e. The first-order chi connectivity index (χ1) is 9.44. The van der Waals surface area contributed by atoms with Gasteiger partial charge in [-0.25, -0.2) is 0 Å². The number of hydrogen-bond donors (Lipinski definition) is 4. The van der Waals surface area contributed by atoms with Crippen molar-refractivity contribution in [2.24, 2.45) is 0 Å². The van der Waals surface area contributed by atoms with Crippen LogP contribution >= 0.6 is 24.8 Å². The van der Waals surface area contributed by atoms with E-state index in [0.717, 1.165) is 19.4 Å². The van der Waals surface area contributed by atoms with Gasteiger partial charge in [-0.05, 0) is 20.3 Å². The molecule has 0 saturated heterocycles. The topological polar surface area (TPSA) is 105 Å². The lowest BCUT2D eigenvalue weighted by Gasteiger charge is -2.41. The zero-order valence-electron chi connectivity index (χ0n) is 13.1. The minimum atomic E-state index is -0.285. The molecule has 2 rings (SSSR count). The molecule has 0 radical (unpaired) electrons. The summed E-state index contributed by atoms with van der Waals surface area (Å²) in [4.78, 5) is 18.5. The fourth-order valence-electron chi connectivity index (χ4n) is 2.16. The molecule has 2 heterocycles. The first-order valence-electron chi connectivity index (χ1n) is 6.96. The fraction of sp³-hybridized carbons (Fsp3) is 0.692. The molecule has 0 bridgehead atoms. The third-order valence-corrected chi connectivity index (χ3v) is 3.49. The quantitative estimate of drug-likeness (QED) is 0.603. The Balaban J connectivity index is 0.00000220. The van der Waals surface area contributed by atoms with Gasteiger partial charge in [-0.3, -0.25) is 9.78 Å². The summed E-state index contributed by atoms with van der Waals surface area (Å²) in [5, 5.41) is 6.47. The predicted octanol–water partition coefficient (Wildman–Crippen LogP) is 2.00. The molecule has 1 unspecified atom stereocenters. The number of nitrogen functional groups attached to an aromatic ring is 1. The van der Waals surface area contributed by atoms with Crippen molar-refractivity contribution in [3.8, 4) is 0 Å². The Hall–Kier alpha value is -1.18. The molecule has 5 N–H and O–H groups in total. The Morgan fingerprint density at radius 3 is 2.68 bits per heavy atom. The molecule has 1 aromatic rings. The van der Waals surface area contributed by atoms with Gasteiger partial charge in [0.1, 0.15) is 5.69 Å². The lowest BCUT2D eigenvalue weighted by atomic mass is 9.92. The van der Waals surface area contributed by atoms with E-state index in [-0.39, 0.29) is 47.9 Å². The van der Waals surface area contributed by atoms with Gasteiger partial charge < -0.3 is 21.1 Å². The molecule has 1 aliphatic rings. The summed E-state index contributed by atoms with van der Waals surface area (Å²) in [5.41, 5.74) is 5.42. The fourth-order valence-corrected chi connectivity index (χ4v) is 2.16. The molecule has 0 aliphatic carbocycles. The van der Waals surface area contributed by atoms with E-state index >= 15 is 0 Å². The highest BCUT2D eigenvalue weighted by Crippen LogP contribution is 2.29. The molecule has 0 saturated carbocycles. The van der Waals surface area contributed by atoms with Crippen molar-refractivity contribution >= 4 is 42.3 Å². The number of hydrogen-bond acceptors (Lipinski definition) is 6. The number of rotatable bonds is 5. The maximum absolute atomic E-state index is 11.9. The molecule has 9 heteroatoms. The van der Waals surface area contributed by atoms with Crippen LogP contribution in [0, 0.1) is 0 Å². The third kappa shape index (κ3) is 4.66. The van der Waals surface area contributed by atoms with Gasteiger partial charge in [0.25, 0.3) is 5.56 Å². The van der Waals surface area contributed by atoms with Crippen LogP contribution in [0.15, 0.2) is 4.79 Å². The summed E-state index contributed by atoms with van der Waals surface area (Å²) < 4.78 is 5.67. The van der Waals surface area contributed by atoms with Crippen LogP contribution in [-0.4, -0.2) is 34.8 Å². The van der Waals surface area contributed by atoms with Gasteiger partial charge in [-0.15, -0.1) is 24.8 Å². The minimum Gasteiger partial charge on any atom is -0.379 e. The zero-order valence-corrected chi connectivity index (χ0v) is 14.7. The summed E-state index contributed by atoms with van der Waals surface area (Å²) in [7, 11) is 0. The van der Waals surface area contributed by atoms with Gasteiger partial charge in [0, 0.05) is 6.61 Å². The molecule has 0 fully saturated rings. The van der Waals surface area contributed by atoms with Crippen LogP contribution in [0.3, 0.4) is 0 Å². The number of nitrogens with one attached hydrogen (secondary N) is 3. The molecule has 1 aliphatic heterocycles. The first-order valence-corrected chi connectivity index (χ1v) is 6.96. The zero-order chi connectivity index (χ0) is 14.8. The number of fused-ring (bicyclic) bond motifs is 1. The van der Waals surface area contributed by atoms with Crippen molar-refractivity contribution in [1.82, 2.24) is 9.97 Å². The average Bonchev–Trinajstić information content (AvgIpc) is 2.34. The second-order valence-corrected chi connectivity index (χ2v) is 5.65. The van der Waals surface area contributed by atoms with Crippen molar-refractivity contribution < 1.29 is 4.74 Å². The van der Waals surface area contributed by atoms with Gasteiger partial charge in [0.15, 0.2) is 5.82 Å². The molecule has 0 spiro atoms. The largest absolute Gasteiger partial charge is 0.379 e. The third-order valence-electron chi connectivity index (χ3n) is 3.49.